The summed E-state index contributed by atoms with van der Waals surface area (Å²) in [5, 5.41) is 0.772. The fourth-order valence-electron chi connectivity index (χ4n) is 3.53. The number of ether oxygens (including phenoxy) is 1. The Balaban J connectivity index is 1.70. The molecule has 4 nitrogen and oxygen atoms in total. The van der Waals surface area contributed by atoms with Crippen molar-refractivity contribution in [2.24, 2.45) is 5.92 Å². The average molecular weight is 366 g/mol. The summed E-state index contributed by atoms with van der Waals surface area (Å²) in [6.07, 6.45) is 4.27. The van der Waals surface area contributed by atoms with E-state index in [0.717, 1.165) is 52.3 Å². The number of hydrogen-bond donors (Lipinski definition) is 0. The molecule has 0 saturated heterocycles. The summed E-state index contributed by atoms with van der Waals surface area (Å²) in [4.78, 5) is 19.8. The first-order chi connectivity index (χ1) is 12.7. The molecule has 26 heavy (non-hydrogen) atoms. The largest absolute Gasteiger partial charge is 0.497 e. The van der Waals surface area contributed by atoms with Crippen LogP contribution in [0.5, 0.6) is 5.75 Å². The van der Waals surface area contributed by atoms with Gasteiger partial charge < -0.3 is 4.74 Å². The van der Waals surface area contributed by atoms with Crippen molar-refractivity contribution in [3.63, 3.8) is 0 Å². The first kappa shape index (κ1) is 17.0. The Hall–Kier alpha value is -2.40. The molecule has 1 aliphatic carbocycles. The minimum Gasteiger partial charge on any atom is -0.497 e. The summed E-state index contributed by atoms with van der Waals surface area (Å²) in [6, 6.07) is 16.0. The number of hydrogen-bond acceptors (Lipinski definition) is 4. The van der Waals surface area contributed by atoms with Crippen LogP contribution < -0.4 is 9.64 Å². The number of thiazole rings is 1. The van der Waals surface area contributed by atoms with Gasteiger partial charge in [0.25, 0.3) is 0 Å². The van der Waals surface area contributed by atoms with Crippen molar-refractivity contribution in [2.45, 2.75) is 32.2 Å². The highest BCUT2D eigenvalue weighted by molar-refractivity contribution is 7.22. The second-order valence-electron chi connectivity index (χ2n) is 6.72. The number of aromatic nitrogens is 1. The third-order valence-corrected chi connectivity index (χ3v) is 6.01. The number of nitrogens with zero attached hydrogens (tertiary/aromatic N) is 2. The average Bonchev–Trinajstić information content (AvgIpc) is 3.35. The fourth-order valence-corrected chi connectivity index (χ4v) is 4.53. The van der Waals surface area contributed by atoms with Crippen LogP contribution in [-0.4, -0.2) is 18.0 Å². The summed E-state index contributed by atoms with van der Waals surface area (Å²) in [5.41, 5.74) is 2.03. The van der Waals surface area contributed by atoms with Crippen molar-refractivity contribution in [3.05, 3.63) is 54.1 Å². The van der Waals surface area contributed by atoms with Crippen LogP contribution in [0, 0.1) is 5.92 Å². The monoisotopic (exact) mass is 366 g/mol. The minimum atomic E-state index is 0.125. The Morgan fingerprint density at radius 3 is 2.69 bits per heavy atom. The highest BCUT2D eigenvalue weighted by atomic mass is 32.1. The number of anilines is 1. The third-order valence-electron chi connectivity index (χ3n) is 4.97. The quantitative estimate of drug-likeness (QED) is 0.636. The molecule has 3 aromatic rings. The van der Waals surface area contributed by atoms with Gasteiger partial charge in [-0.15, -0.1) is 0 Å². The maximum Gasteiger partial charge on any atom is 0.232 e. The molecule has 0 aliphatic heterocycles. The van der Waals surface area contributed by atoms with Gasteiger partial charge in [-0.1, -0.05) is 54.5 Å². The minimum absolute atomic E-state index is 0.125. The summed E-state index contributed by atoms with van der Waals surface area (Å²) in [6.45, 7) is 0.563. The molecule has 1 aromatic heterocycles. The molecule has 1 amide bonds. The van der Waals surface area contributed by atoms with Crippen LogP contribution in [-0.2, 0) is 11.3 Å². The van der Waals surface area contributed by atoms with Crippen molar-refractivity contribution in [2.75, 3.05) is 12.0 Å². The normalized spacial score (nSPS) is 14.7. The Labute approximate surface area is 157 Å². The topological polar surface area (TPSA) is 42.4 Å². The van der Waals surface area contributed by atoms with E-state index in [2.05, 4.69) is 12.1 Å². The van der Waals surface area contributed by atoms with E-state index in [0.29, 0.717) is 6.54 Å². The predicted octanol–water partition coefficient (Wildman–Crippen LogP) is 5.03. The van der Waals surface area contributed by atoms with Crippen LogP contribution in [0.3, 0.4) is 0 Å². The molecule has 2 aromatic carbocycles. The van der Waals surface area contributed by atoms with E-state index < -0.39 is 0 Å². The van der Waals surface area contributed by atoms with Crippen molar-refractivity contribution < 1.29 is 9.53 Å². The van der Waals surface area contributed by atoms with E-state index in [1.165, 1.54) is 0 Å². The summed E-state index contributed by atoms with van der Waals surface area (Å²) in [5.74, 6) is 1.14. The fraction of sp³-hybridized carbons (Fsp3) is 0.333. The first-order valence-corrected chi connectivity index (χ1v) is 9.86. The van der Waals surface area contributed by atoms with Gasteiger partial charge in [0.1, 0.15) is 5.75 Å². The van der Waals surface area contributed by atoms with Gasteiger partial charge in [0.05, 0.1) is 23.9 Å². The zero-order chi connectivity index (χ0) is 17.9. The lowest BCUT2D eigenvalue weighted by atomic mass is 10.1. The van der Waals surface area contributed by atoms with E-state index in [-0.39, 0.29) is 11.8 Å². The molecular weight excluding hydrogens is 344 g/mol. The molecule has 134 valence electrons. The summed E-state index contributed by atoms with van der Waals surface area (Å²) < 4.78 is 6.35. The highest BCUT2D eigenvalue weighted by Crippen LogP contribution is 2.35. The molecule has 1 heterocycles. The molecule has 0 spiro atoms. The standard InChI is InChI=1S/C21H22N2O2S/c1-25-17-11-12-18-19(13-17)26-21(22-18)23(14-15-7-3-2-4-8-15)20(24)16-9-5-6-10-16/h2-4,7-8,11-13,16H,5-6,9-10,14H2,1H3. The Morgan fingerprint density at radius 2 is 1.96 bits per heavy atom. The number of fused-ring (bicyclic) bond motifs is 1. The predicted molar refractivity (Wildman–Crippen MR) is 106 cm³/mol. The number of amides is 1. The Morgan fingerprint density at radius 1 is 1.19 bits per heavy atom. The van der Waals surface area contributed by atoms with Crippen molar-refractivity contribution in [1.29, 1.82) is 0 Å². The van der Waals surface area contributed by atoms with Gasteiger partial charge in [-0.3, -0.25) is 9.69 Å². The van der Waals surface area contributed by atoms with Crippen LogP contribution >= 0.6 is 11.3 Å². The van der Waals surface area contributed by atoms with E-state index in [4.69, 9.17) is 9.72 Å². The lowest BCUT2D eigenvalue weighted by molar-refractivity contribution is -0.122. The van der Waals surface area contributed by atoms with Crippen molar-refractivity contribution >= 4 is 32.6 Å². The van der Waals surface area contributed by atoms with Crippen molar-refractivity contribution in [1.82, 2.24) is 4.98 Å². The maximum absolute atomic E-state index is 13.2. The molecule has 4 rings (SSSR count). The summed E-state index contributed by atoms with van der Waals surface area (Å²) >= 11 is 1.56. The van der Waals surface area contributed by atoms with Crippen LogP contribution in [0.25, 0.3) is 10.2 Å². The number of carbonyl (C=O) groups is 1. The second-order valence-corrected chi connectivity index (χ2v) is 7.73. The van der Waals surface area contributed by atoms with Crippen LogP contribution in [0.4, 0.5) is 5.13 Å². The van der Waals surface area contributed by atoms with E-state index in [9.17, 15) is 4.79 Å². The SMILES string of the molecule is COc1ccc2nc(N(Cc3ccccc3)C(=O)C3CCCC3)sc2c1. The highest BCUT2D eigenvalue weighted by Gasteiger charge is 2.29. The van der Waals surface area contributed by atoms with E-state index in [1.807, 2.05) is 41.3 Å². The zero-order valence-corrected chi connectivity index (χ0v) is 15.7. The van der Waals surface area contributed by atoms with Gasteiger partial charge in [0.15, 0.2) is 5.13 Å². The molecule has 1 aliphatic rings. The Bertz CT molecular complexity index is 901. The van der Waals surface area contributed by atoms with Gasteiger partial charge in [0.2, 0.25) is 5.91 Å². The lowest BCUT2D eigenvalue weighted by Crippen LogP contribution is -2.34. The van der Waals surface area contributed by atoms with Crippen LogP contribution in [0.15, 0.2) is 48.5 Å². The molecular formula is C21H22N2O2S. The van der Waals surface area contributed by atoms with Crippen LogP contribution in [0.1, 0.15) is 31.2 Å². The Kier molecular flexibility index (Phi) is 4.89. The molecule has 0 atom stereocenters. The van der Waals surface area contributed by atoms with Gasteiger partial charge in [-0.2, -0.15) is 0 Å². The summed E-state index contributed by atoms with van der Waals surface area (Å²) in [7, 11) is 1.66. The van der Waals surface area contributed by atoms with E-state index >= 15 is 0 Å². The number of rotatable bonds is 5. The number of carbonyl (C=O) groups excluding carboxylic acids is 1. The molecule has 0 unspecified atom stereocenters. The van der Waals surface area contributed by atoms with Gasteiger partial charge in [0, 0.05) is 5.92 Å². The van der Waals surface area contributed by atoms with Crippen LogP contribution in [0.2, 0.25) is 0 Å². The van der Waals surface area contributed by atoms with Crippen molar-refractivity contribution in [3.8, 4) is 5.75 Å². The molecule has 1 saturated carbocycles. The smallest absolute Gasteiger partial charge is 0.232 e. The first-order valence-electron chi connectivity index (χ1n) is 9.04. The maximum atomic E-state index is 13.2. The number of methoxy groups -OCH3 is 1. The lowest BCUT2D eigenvalue weighted by Gasteiger charge is -2.23. The second kappa shape index (κ2) is 7.46. The van der Waals surface area contributed by atoms with E-state index in [1.54, 1.807) is 18.4 Å². The molecule has 0 bridgehead atoms. The molecule has 0 N–H and O–H groups in total. The van der Waals surface area contributed by atoms with Gasteiger partial charge in [-0.05, 0) is 36.6 Å². The zero-order valence-electron chi connectivity index (χ0n) is 14.9. The number of benzene rings is 2. The molecule has 0 radical (unpaired) electrons. The van der Waals surface area contributed by atoms with Gasteiger partial charge >= 0.3 is 0 Å². The molecule has 5 heteroatoms. The van der Waals surface area contributed by atoms with Gasteiger partial charge in [-0.25, -0.2) is 4.98 Å². The molecule has 1 fully saturated rings. The third kappa shape index (κ3) is 3.44.